The number of thiophene rings is 1. The first-order chi connectivity index (χ1) is 12.0. The normalized spacial score (nSPS) is 11.0. The standard InChI is InChI=1S/C17H15Cl2N3O2S/c1-21(9-11-3-2-4-13(18)15(11)19)14(23)5-7-22-10-20-16-12(17(22)24)6-8-25-16/h2-4,6,8,10H,5,7,9H2,1H3. The Morgan fingerprint density at radius 2 is 2.12 bits per heavy atom. The van der Waals surface area contributed by atoms with Crippen LogP contribution in [0.15, 0.2) is 40.8 Å². The minimum Gasteiger partial charge on any atom is -0.341 e. The van der Waals surface area contributed by atoms with E-state index in [1.54, 1.807) is 30.1 Å². The summed E-state index contributed by atoms with van der Waals surface area (Å²) in [5.41, 5.74) is 0.656. The monoisotopic (exact) mass is 395 g/mol. The molecule has 0 fully saturated rings. The summed E-state index contributed by atoms with van der Waals surface area (Å²) in [7, 11) is 1.70. The number of fused-ring (bicyclic) bond motifs is 1. The first-order valence-corrected chi connectivity index (χ1v) is 9.20. The summed E-state index contributed by atoms with van der Waals surface area (Å²) in [5.74, 6) is -0.0895. The van der Waals surface area contributed by atoms with Gasteiger partial charge in [0, 0.05) is 26.6 Å². The van der Waals surface area contributed by atoms with Gasteiger partial charge in [-0.25, -0.2) is 4.98 Å². The van der Waals surface area contributed by atoms with Crippen LogP contribution in [0.25, 0.3) is 10.2 Å². The molecule has 1 aromatic carbocycles. The van der Waals surface area contributed by atoms with Crippen molar-refractivity contribution in [2.24, 2.45) is 0 Å². The van der Waals surface area contributed by atoms with Gasteiger partial charge in [0.1, 0.15) is 4.83 Å². The molecule has 2 aromatic heterocycles. The molecule has 25 heavy (non-hydrogen) atoms. The number of amides is 1. The second-order valence-electron chi connectivity index (χ2n) is 5.60. The zero-order chi connectivity index (χ0) is 18.0. The Balaban J connectivity index is 1.66. The number of carbonyl (C=O) groups excluding carboxylic acids is 1. The largest absolute Gasteiger partial charge is 0.341 e. The topological polar surface area (TPSA) is 55.2 Å². The molecular weight excluding hydrogens is 381 g/mol. The number of carbonyl (C=O) groups is 1. The van der Waals surface area contributed by atoms with Gasteiger partial charge in [-0.3, -0.25) is 14.2 Å². The highest BCUT2D eigenvalue weighted by atomic mass is 35.5. The van der Waals surface area contributed by atoms with Crippen molar-refractivity contribution < 1.29 is 4.79 Å². The van der Waals surface area contributed by atoms with Crippen LogP contribution in [0, 0.1) is 0 Å². The van der Waals surface area contributed by atoms with Crippen LogP contribution in [0.1, 0.15) is 12.0 Å². The van der Waals surface area contributed by atoms with Crippen LogP contribution in [0.5, 0.6) is 0 Å². The number of hydrogen-bond acceptors (Lipinski definition) is 4. The number of benzene rings is 1. The van der Waals surface area contributed by atoms with Crippen molar-refractivity contribution >= 4 is 50.7 Å². The molecule has 2 heterocycles. The average molecular weight is 396 g/mol. The first-order valence-electron chi connectivity index (χ1n) is 7.57. The molecule has 5 nitrogen and oxygen atoms in total. The van der Waals surface area contributed by atoms with Gasteiger partial charge < -0.3 is 4.90 Å². The lowest BCUT2D eigenvalue weighted by Gasteiger charge is -2.18. The van der Waals surface area contributed by atoms with E-state index in [0.29, 0.717) is 26.8 Å². The molecule has 3 rings (SSSR count). The van der Waals surface area contributed by atoms with Crippen LogP contribution in [0.2, 0.25) is 10.0 Å². The van der Waals surface area contributed by atoms with Gasteiger partial charge in [-0.05, 0) is 23.1 Å². The van der Waals surface area contributed by atoms with Crippen molar-refractivity contribution in [3.05, 3.63) is 61.9 Å². The molecule has 0 atom stereocenters. The number of rotatable bonds is 5. The summed E-state index contributed by atoms with van der Waals surface area (Å²) in [6.07, 6.45) is 1.69. The summed E-state index contributed by atoms with van der Waals surface area (Å²) in [6.45, 7) is 0.638. The molecule has 0 saturated heterocycles. The second kappa shape index (κ2) is 7.56. The van der Waals surface area contributed by atoms with Crippen LogP contribution in [0.4, 0.5) is 0 Å². The molecule has 0 radical (unpaired) electrons. The summed E-state index contributed by atoms with van der Waals surface area (Å²) in [4.78, 5) is 31.2. The lowest BCUT2D eigenvalue weighted by atomic mass is 10.2. The third kappa shape index (κ3) is 3.86. The smallest absolute Gasteiger partial charge is 0.262 e. The number of aryl methyl sites for hydroxylation is 1. The SMILES string of the molecule is CN(Cc1cccc(Cl)c1Cl)C(=O)CCn1cnc2sccc2c1=O. The van der Waals surface area contributed by atoms with Crippen molar-refractivity contribution in [3.63, 3.8) is 0 Å². The van der Waals surface area contributed by atoms with E-state index >= 15 is 0 Å². The molecule has 130 valence electrons. The predicted octanol–water partition coefficient (Wildman–Crippen LogP) is 3.81. The van der Waals surface area contributed by atoms with Crippen molar-refractivity contribution in [2.75, 3.05) is 7.05 Å². The van der Waals surface area contributed by atoms with Gasteiger partial charge in [0.2, 0.25) is 5.91 Å². The maximum atomic E-state index is 12.4. The number of halogens is 2. The number of nitrogens with zero attached hydrogens (tertiary/aromatic N) is 3. The van der Waals surface area contributed by atoms with E-state index < -0.39 is 0 Å². The van der Waals surface area contributed by atoms with Crippen LogP contribution < -0.4 is 5.56 Å². The van der Waals surface area contributed by atoms with E-state index in [4.69, 9.17) is 23.2 Å². The van der Waals surface area contributed by atoms with Crippen molar-refractivity contribution in [3.8, 4) is 0 Å². The molecule has 8 heteroatoms. The molecule has 0 spiro atoms. The van der Waals surface area contributed by atoms with Gasteiger partial charge in [-0.15, -0.1) is 11.3 Å². The first kappa shape index (κ1) is 17.9. The number of hydrogen-bond donors (Lipinski definition) is 0. The van der Waals surface area contributed by atoms with Crippen molar-refractivity contribution in [1.29, 1.82) is 0 Å². The quantitative estimate of drug-likeness (QED) is 0.659. The lowest BCUT2D eigenvalue weighted by molar-refractivity contribution is -0.130. The minimum absolute atomic E-state index is 0.0895. The van der Waals surface area contributed by atoms with Crippen molar-refractivity contribution in [1.82, 2.24) is 14.5 Å². The molecule has 0 aliphatic rings. The van der Waals surface area contributed by atoms with Gasteiger partial charge in [0.05, 0.1) is 21.8 Å². The Hall–Kier alpha value is -1.89. The van der Waals surface area contributed by atoms with Gasteiger partial charge in [0.15, 0.2) is 0 Å². The van der Waals surface area contributed by atoms with E-state index in [0.717, 1.165) is 5.56 Å². The van der Waals surface area contributed by atoms with Gasteiger partial charge in [-0.2, -0.15) is 0 Å². The molecule has 0 saturated carbocycles. The minimum atomic E-state index is -0.125. The second-order valence-corrected chi connectivity index (χ2v) is 7.28. The van der Waals surface area contributed by atoms with E-state index in [1.807, 2.05) is 11.4 Å². The van der Waals surface area contributed by atoms with Gasteiger partial charge >= 0.3 is 0 Å². The van der Waals surface area contributed by atoms with Crippen LogP contribution in [0.3, 0.4) is 0 Å². The summed E-state index contributed by atoms with van der Waals surface area (Å²) in [5, 5.41) is 3.32. The van der Waals surface area contributed by atoms with Gasteiger partial charge in [-0.1, -0.05) is 35.3 Å². The van der Waals surface area contributed by atoms with E-state index in [-0.39, 0.29) is 24.4 Å². The molecule has 0 aliphatic heterocycles. The molecular formula is C17H15Cl2N3O2S. The third-order valence-electron chi connectivity index (χ3n) is 3.88. The highest BCUT2D eigenvalue weighted by molar-refractivity contribution is 7.16. The van der Waals surface area contributed by atoms with Crippen molar-refractivity contribution in [2.45, 2.75) is 19.5 Å². The Bertz CT molecular complexity index is 983. The lowest BCUT2D eigenvalue weighted by Crippen LogP contribution is -2.29. The Kier molecular flexibility index (Phi) is 5.42. The fourth-order valence-corrected chi connectivity index (χ4v) is 3.58. The fourth-order valence-electron chi connectivity index (χ4n) is 2.47. The van der Waals surface area contributed by atoms with E-state index in [2.05, 4.69) is 4.98 Å². The molecule has 0 N–H and O–H groups in total. The summed E-state index contributed by atoms with van der Waals surface area (Å²) in [6, 6.07) is 7.08. The highest BCUT2D eigenvalue weighted by Gasteiger charge is 2.13. The van der Waals surface area contributed by atoms with Gasteiger partial charge in [0.25, 0.3) is 5.56 Å². The zero-order valence-electron chi connectivity index (χ0n) is 13.4. The van der Waals surface area contributed by atoms with Crippen LogP contribution in [-0.4, -0.2) is 27.4 Å². The third-order valence-corrected chi connectivity index (χ3v) is 5.56. The molecule has 0 unspecified atom stereocenters. The summed E-state index contributed by atoms with van der Waals surface area (Å²) >= 11 is 13.6. The van der Waals surface area contributed by atoms with Crippen LogP contribution in [-0.2, 0) is 17.9 Å². The maximum Gasteiger partial charge on any atom is 0.262 e. The Morgan fingerprint density at radius 3 is 2.92 bits per heavy atom. The van der Waals surface area contributed by atoms with Crippen LogP contribution >= 0.6 is 34.5 Å². The molecule has 3 aromatic rings. The zero-order valence-corrected chi connectivity index (χ0v) is 15.7. The maximum absolute atomic E-state index is 12.4. The Morgan fingerprint density at radius 1 is 1.32 bits per heavy atom. The molecule has 1 amide bonds. The Labute approximate surface area is 158 Å². The fraction of sp³-hybridized carbons (Fsp3) is 0.235. The molecule has 0 bridgehead atoms. The molecule has 0 aliphatic carbocycles. The van der Waals surface area contributed by atoms with E-state index in [1.165, 1.54) is 22.2 Å². The highest BCUT2D eigenvalue weighted by Crippen LogP contribution is 2.26. The number of aromatic nitrogens is 2. The predicted molar refractivity (Wildman–Crippen MR) is 101 cm³/mol. The average Bonchev–Trinajstić information content (AvgIpc) is 3.07. The summed E-state index contributed by atoms with van der Waals surface area (Å²) < 4.78 is 1.47. The van der Waals surface area contributed by atoms with E-state index in [9.17, 15) is 9.59 Å².